The maximum Gasteiger partial charge on any atom is 0.222 e. The van der Waals surface area contributed by atoms with E-state index in [1.54, 1.807) is 0 Å². The Morgan fingerprint density at radius 2 is 2.08 bits per heavy atom. The van der Waals surface area contributed by atoms with E-state index in [1.807, 2.05) is 30.5 Å². The molecule has 2 aliphatic rings. The van der Waals surface area contributed by atoms with Crippen LogP contribution in [0.15, 0.2) is 0 Å². The van der Waals surface area contributed by atoms with E-state index < -0.39 is 5.60 Å². The number of hydrogen-bond donors (Lipinski definition) is 1. The van der Waals surface area contributed by atoms with Crippen molar-refractivity contribution in [1.29, 1.82) is 0 Å². The molecule has 0 radical (unpaired) electrons. The number of aryl methyl sites for hydroxylation is 2. The second-order valence-electron chi connectivity index (χ2n) is 7.23. The minimum absolute atomic E-state index is 0.192. The van der Waals surface area contributed by atoms with Gasteiger partial charge in [-0.3, -0.25) is 9.48 Å². The van der Waals surface area contributed by atoms with Crippen molar-refractivity contribution in [1.82, 2.24) is 14.7 Å². The number of aromatic nitrogens is 2. The summed E-state index contributed by atoms with van der Waals surface area (Å²) in [5.74, 6) is 0.192. The van der Waals surface area contributed by atoms with Gasteiger partial charge in [0.15, 0.2) is 0 Å². The Bertz CT molecular complexity index is 603. The van der Waals surface area contributed by atoms with Crippen LogP contribution in [0.2, 0.25) is 0 Å². The first kappa shape index (κ1) is 17.4. The lowest BCUT2D eigenvalue weighted by Gasteiger charge is -2.46. The maximum atomic E-state index is 12.5. The second kappa shape index (κ2) is 6.84. The van der Waals surface area contributed by atoms with Crippen molar-refractivity contribution in [2.75, 3.05) is 19.7 Å². The monoisotopic (exact) mass is 335 g/mol. The van der Waals surface area contributed by atoms with Crippen LogP contribution in [0.25, 0.3) is 0 Å². The minimum Gasteiger partial charge on any atom is -0.390 e. The first-order valence-electron chi connectivity index (χ1n) is 9.02. The lowest BCUT2D eigenvalue weighted by Crippen LogP contribution is -2.56. The largest absolute Gasteiger partial charge is 0.390 e. The number of aliphatic hydroxyl groups excluding tert-OH is 1. The molecule has 1 aromatic heterocycles. The summed E-state index contributed by atoms with van der Waals surface area (Å²) in [6, 6.07) is 0. The van der Waals surface area contributed by atoms with E-state index in [4.69, 9.17) is 4.74 Å². The van der Waals surface area contributed by atoms with Crippen LogP contribution in [0, 0.1) is 13.8 Å². The molecule has 0 bridgehead atoms. The average Bonchev–Trinajstić information content (AvgIpc) is 2.81. The predicted molar refractivity (Wildman–Crippen MR) is 90.7 cm³/mol. The van der Waals surface area contributed by atoms with Crippen LogP contribution >= 0.6 is 0 Å². The lowest BCUT2D eigenvalue weighted by molar-refractivity contribution is -0.179. The summed E-state index contributed by atoms with van der Waals surface area (Å²) >= 11 is 0. The fourth-order valence-electron chi connectivity index (χ4n) is 4.09. The quantitative estimate of drug-likeness (QED) is 0.909. The Kier molecular flexibility index (Phi) is 4.97. The van der Waals surface area contributed by atoms with E-state index in [2.05, 4.69) is 5.10 Å². The van der Waals surface area contributed by atoms with Gasteiger partial charge in [0.05, 0.1) is 17.4 Å². The number of aliphatic hydroxyl groups is 1. The molecule has 0 aliphatic carbocycles. The van der Waals surface area contributed by atoms with Crippen molar-refractivity contribution in [2.24, 2.45) is 7.05 Å². The minimum atomic E-state index is -0.411. The summed E-state index contributed by atoms with van der Waals surface area (Å²) in [5, 5.41) is 14.7. The van der Waals surface area contributed by atoms with Gasteiger partial charge in [-0.05, 0) is 51.5 Å². The van der Waals surface area contributed by atoms with E-state index in [9.17, 15) is 9.90 Å². The van der Waals surface area contributed by atoms with Crippen molar-refractivity contribution in [3.05, 3.63) is 17.0 Å². The number of ether oxygens (including phenoxy) is 1. The lowest BCUT2D eigenvalue weighted by atomic mass is 9.82. The Labute approximate surface area is 143 Å². The van der Waals surface area contributed by atoms with Gasteiger partial charge >= 0.3 is 0 Å². The first-order valence-corrected chi connectivity index (χ1v) is 9.02. The van der Waals surface area contributed by atoms with Gasteiger partial charge in [-0.2, -0.15) is 5.10 Å². The van der Waals surface area contributed by atoms with Crippen LogP contribution in [-0.4, -0.2) is 57.1 Å². The van der Waals surface area contributed by atoms with E-state index in [0.717, 1.165) is 50.1 Å². The molecule has 1 N–H and O–H groups in total. The van der Waals surface area contributed by atoms with E-state index >= 15 is 0 Å². The number of likely N-dealkylation sites (tertiary alicyclic amines) is 1. The third-order valence-corrected chi connectivity index (χ3v) is 5.83. The highest BCUT2D eigenvalue weighted by atomic mass is 16.5. The molecule has 3 rings (SSSR count). The first-order chi connectivity index (χ1) is 11.4. The summed E-state index contributed by atoms with van der Waals surface area (Å²) in [4.78, 5) is 14.5. The highest BCUT2D eigenvalue weighted by molar-refractivity contribution is 5.76. The van der Waals surface area contributed by atoms with Crippen LogP contribution in [0.5, 0.6) is 0 Å². The van der Waals surface area contributed by atoms with Crippen molar-refractivity contribution in [3.63, 3.8) is 0 Å². The number of carbonyl (C=O) groups excluding carboxylic acids is 1. The van der Waals surface area contributed by atoms with Gasteiger partial charge in [0.25, 0.3) is 0 Å². The zero-order chi connectivity index (χ0) is 17.3. The molecular weight excluding hydrogens is 306 g/mol. The molecule has 24 heavy (non-hydrogen) atoms. The second-order valence-corrected chi connectivity index (χ2v) is 7.23. The molecule has 1 atom stereocenters. The Morgan fingerprint density at radius 3 is 2.67 bits per heavy atom. The number of carbonyl (C=O) groups is 1. The van der Waals surface area contributed by atoms with Gasteiger partial charge in [0, 0.05) is 38.9 Å². The molecule has 1 unspecified atom stereocenters. The molecule has 134 valence electrons. The van der Waals surface area contributed by atoms with Crippen LogP contribution in [-0.2, 0) is 23.0 Å². The Morgan fingerprint density at radius 1 is 1.38 bits per heavy atom. The fourth-order valence-corrected chi connectivity index (χ4v) is 4.09. The number of hydrogen-bond acceptors (Lipinski definition) is 4. The summed E-state index contributed by atoms with van der Waals surface area (Å²) in [6.45, 7) is 6.14. The molecule has 6 heteroatoms. The normalized spacial score (nSPS) is 23.7. The molecule has 2 fully saturated rings. The van der Waals surface area contributed by atoms with Gasteiger partial charge in [-0.15, -0.1) is 0 Å². The standard InChI is InChI=1S/C18H29N3O3/c1-13-15(14(2)20(3)19-13)6-7-17(23)21-10-8-18(9-11-21)16(22)5-4-12-24-18/h16,22H,4-12H2,1-3H3. The van der Waals surface area contributed by atoms with Gasteiger partial charge in [0.1, 0.15) is 0 Å². The van der Waals surface area contributed by atoms with E-state index in [-0.39, 0.29) is 12.0 Å². The van der Waals surface area contributed by atoms with Crippen LogP contribution < -0.4 is 0 Å². The molecule has 1 spiro atoms. The smallest absolute Gasteiger partial charge is 0.222 e. The third kappa shape index (κ3) is 3.22. The molecule has 1 amide bonds. The van der Waals surface area contributed by atoms with E-state index in [0.29, 0.717) is 19.5 Å². The zero-order valence-corrected chi connectivity index (χ0v) is 15.0. The highest BCUT2D eigenvalue weighted by Gasteiger charge is 2.44. The summed E-state index contributed by atoms with van der Waals surface area (Å²) in [6.07, 6.45) is 4.09. The maximum absolute atomic E-state index is 12.5. The molecule has 0 saturated carbocycles. The Balaban J connectivity index is 1.54. The summed E-state index contributed by atoms with van der Waals surface area (Å²) in [5.41, 5.74) is 2.92. The van der Waals surface area contributed by atoms with Gasteiger partial charge in [0.2, 0.25) is 5.91 Å². The molecule has 1 aromatic rings. The van der Waals surface area contributed by atoms with Gasteiger partial charge < -0.3 is 14.7 Å². The highest BCUT2D eigenvalue weighted by Crippen LogP contribution is 2.35. The number of nitrogens with zero attached hydrogens (tertiary/aromatic N) is 3. The average molecular weight is 335 g/mol. The predicted octanol–water partition coefficient (Wildman–Crippen LogP) is 1.50. The number of rotatable bonds is 3. The van der Waals surface area contributed by atoms with Crippen molar-refractivity contribution >= 4 is 5.91 Å². The molecular formula is C18H29N3O3. The number of piperidine rings is 1. The molecule has 3 heterocycles. The van der Waals surface area contributed by atoms with Crippen LogP contribution in [0.3, 0.4) is 0 Å². The Hall–Kier alpha value is -1.40. The van der Waals surface area contributed by atoms with Gasteiger partial charge in [-0.1, -0.05) is 0 Å². The number of amides is 1. The summed E-state index contributed by atoms with van der Waals surface area (Å²) < 4.78 is 7.79. The third-order valence-electron chi connectivity index (χ3n) is 5.83. The van der Waals surface area contributed by atoms with Gasteiger partial charge in [-0.25, -0.2) is 0 Å². The van der Waals surface area contributed by atoms with Crippen LogP contribution in [0.1, 0.15) is 49.1 Å². The van der Waals surface area contributed by atoms with Crippen molar-refractivity contribution in [3.8, 4) is 0 Å². The summed E-state index contributed by atoms with van der Waals surface area (Å²) in [7, 11) is 1.94. The molecule has 0 aromatic carbocycles. The van der Waals surface area contributed by atoms with Crippen molar-refractivity contribution in [2.45, 2.75) is 64.1 Å². The topological polar surface area (TPSA) is 67.6 Å². The molecule has 2 aliphatic heterocycles. The zero-order valence-electron chi connectivity index (χ0n) is 15.0. The SMILES string of the molecule is Cc1nn(C)c(C)c1CCC(=O)N1CCC2(CC1)OCCCC2O. The van der Waals surface area contributed by atoms with Crippen molar-refractivity contribution < 1.29 is 14.6 Å². The van der Waals surface area contributed by atoms with E-state index in [1.165, 1.54) is 5.56 Å². The molecule has 2 saturated heterocycles. The van der Waals surface area contributed by atoms with Crippen LogP contribution in [0.4, 0.5) is 0 Å². The fraction of sp³-hybridized carbons (Fsp3) is 0.778. The molecule has 6 nitrogen and oxygen atoms in total.